The third-order valence-electron chi connectivity index (χ3n) is 7.04. The van der Waals surface area contributed by atoms with E-state index in [4.69, 9.17) is 45.3 Å². The molecule has 2 fully saturated rings. The van der Waals surface area contributed by atoms with Gasteiger partial charge in [-0.25, -0.2) is 9.69 Å². The zero-order chi connectivity index (χ0) is 25.0. The number of hydrogen-bond acceptors (Lipinski definition) is 4. The fourth-order valence-corrected chi connectivity index (χ4v) is 6.37. The minimum Gasteiger partial charge on any atom is -0.443 e. The van der Waals surface area contributed by atoms with Crippen LogP contribution in [-0.4, -0.2) is 34.1 Å². The van der Waals surface area contributed by atoms with Gasteiger partial charge in [0.1, 0.15) is 11.1 Å². The number of carbonyl (C=O) groups is 2. The number of hydrogen-bond donors (Lipinski definition) is 1. The maximum Gasteiger partial charge on any atom is 0.417 e. The molecule has 2 aromatic carbocycles. The van der Waals surface area contributed by atoms with Crippen LogP contribution in [0.5, 0.6) is 0 Å². The number of benzene rings is 2. The third kappa shape index (κ3) is 4.44. The molecule has 1 saturated heterocycles. The highest BCUT2D eigenvalue weighted by molar-refractivity contribution is 6.35. The molecule has 8 heteroatoms. The molecule has 5 nitrogen and oxygen atoms in total. The first-order valence-corrected chi connectivity index (χ1v) is 12.5. The highest BCUT2D eigenvalue weighted by atomic mass is 35.5. The van der Waals surface area contributed by atoms with Gasteiger partial charge in [-0.05, 0) is 87.8 Å². The van der Waals surface area contributed by atoms with Crippen LogP contribution in [0.3, 0.4) is 0 Å². The maximum atomic E-state index is 13.6. The Hall–Kier alpha value is -1.79. The monoisotopic (exact) mass is 522 g/mol. The number of nitrogens with zero attached hydrogens (tertiary/aromatic N) is 1. The number of imide groups is 1. The Bertz CT molecular complexity index is 1120. The Morgan fingerprint density at radius 3 is 2.29 bits per heavy atom. The van der Waals surface area contributed by atoms with E-state index >= 15 is 0 Å². The van der Waals surface area contributed by atoms with Gasteiger partial charge < -0.3 is 10.5 Å². The zero-order valence-electron chi connectivity index (χ0n) is 19.6. The lowest BCUT2D eigenvalue weighted by Gasteiger charge is -2.46. The SMILES string of the molecule is C[C@@H]1[C@H]2[C@@H](c3ccc(Cl)cc3)[C@H](c3ccc(Cl)cc3Cl)CC[C@@]2(N)C(=O)N1C(=O)OC(C)(C)C. The van der Waals surface area contributed by atoms with Gasteiger partial charge in [0.2, 0.25) is 0 Å². The van der Waals surface area contributed by atoms with Crippen molar-refractivity contribution in [2.45, 2.75) is 69.6 Å². The van der Waals surface area contributed by atoms with Gasteiger partial charge in [-0.3, -0.25) is 4.79 Å². The molecule has 0 spiro atoms. The molecule has 4 rings (SSSR count). The molecule has 2 aromatic rings. The molecule has 34 heavy (non-hydrogen) atoms. The summed E-state index contributed by atoms with van der Waals surface area (Å²) in [5, 5.41) is 1.74. The van der Waals surface area contributed by atoms with Crippen molar-refractivity contribution in [3.8, 4) is 0 Å². The molecular formula is C26H29Cl3N2O3. The van der Waals surface area contributed by atoms with Crippen molar-refractivity contribution in [2.75, 3.05) is 0 Å². The lowest BCUT2D eigenvalue weighted by atomic mass is 9.59. The van der Waals surface area contributed by atoms with Crippen LogP contribution in [0.25, 0.3) is 0 Å². The van der Waals surface area contributed by atoms with Gasteiger partial charge in [0.15, 0.2) is 0 Å². The van der Waals surface area contributed by atoms with E-state index in [0.717, 1.165) is 11.1 Å². The topological polar surface area (TPSA) is 72.6 Å². The van der Waals surface area contributed by atoms with Crippen LogP contribution in [0, 0.1) is 5.92 Å². The van der Waals surface area contributed by atoms with Crippen molar-refractivity contribution in [3.63, 3.8) is 0 Å². The molecule has 1 aliphatic carbocycles. The smallest absolute Gasteiger partial charge is 0.417 e. The van der Waals surface area contributed by atoms with E-state index in [0.29, 0.717) is 27.9 Å². The lowest BCUT2D eigenvalue weighted by molar-refractivity contribution is -0.133. The summed E-state index contributed by atoms with van der Waals surface area (Å²) >= 11 is 19.0. The highest BCUT2D eigenvalue weighted by Gasteiger charge is 2.63. The van der Waals surface area contributed by atoms with Gasteiger partial charge in [0, 0.05) is 27.0 Å². The van der Waals surface area contributed by atoms with Gasteiger partial charge >= 0.3 is 6.09 Å². The number of ether oxygens (including phenoxy) is 1. The lowest BCUT2D eigenvalue weighted by Crippen LogP contribution is -2.57. The second-order valence-corrected chi connectivity index (χ2v) is 11.6. The molecule has 5 atom stereocenters. The van der Waals surface area contributed by atoms with Crippen molar-refractivity contribution in [1.29, 1.82) is 0 Å². The summed E-state index contributed by atoms with van der Waals surface area (Å²) in [7, 11) is 0. The predicted molar refractivity (Wildman–Crippen MR) is 136 cm³/mol. The van der Waals surface area contributed by atoms with E-state index in [2.05, 4.69) is 0 Å². The van der Waals surface area contributed by atoms with Crippen LogP contribution >= 0.6 is 34.8 Å². The summed E-state index contributed by atoms with van der Waals surface area (Å²) in [5.41, 5.74) is 6.88. The molecule has 2 amide bonds. The Morgan fingerprint density at radius 1 is 1.09 bits per heavy atom. The van der Waals surface area contributed by atoms with Crippen molar-refractivity contribution in [1.82, 2.24) is 4.90 Å². The molecule has 2 N–H and O–H groups in total. The third-order valence-corrected chi connectivity index (χ3v) is 7.85. The van der Waals surface area contributed by atoms with Gasteiger partial charge in [0.25, 0.3) is 5.91 Å². The second-order valence-electron chi connectivity index (χ2n) is 10.4. The van der Waals surface area contributed by atoms with Crippen LogP contribution in [0.15, 0.2) is 42.5 Å². The van der Waals surface area contributed by atoms with Crippen LogP contribution in [0.2, 0.25) is 15.1 Å². The first-order valence-electron chi connectivity index (χ1n) is 11.4. The zero-order valence-corrected chi connectivity index (χ0v) is 21.9. The summed E-state index contributed by atoms with van der Waals surface area (Å²) in [4.78, 5) is 27.9. The Kier molecular flexibility index (Phi) is 6.71. The number of amides is 2. The molecule has 2 aliphatic rings. The maximum absolute atomic E-state index is 13.6. The van der Waals surface area contributed by atoms with E-state index in [-0.39, 0.29) is 23.7 Å². The Balaban J connectivity index is 1.83. The quantitative estimate of drug-likeness (QED) is 0.470. The summed E-state index contributed by atoms with van der Waals surface area (Å²) in [6.07, 6.45) is 0.385. The van der Waals surface area contributed by atoms with Gasteiger partial charge in [-0.2, -0.15) is 0 Å². The minimum absolute atomic E-state index is 0.0264. The highest BCUT2D eigenvalue weighted by Crippen LogP contribution is 2.56. The van der Waals surface area contributed by atoms with Crippen molar-refractivity contribution < 1.29 is 14.3 Å². The molecule has 1 heterocycles. The van der Waals surface area contributed by atoms with Crippen LogP contribution < -0.4 is 5.73 Å². The first-order chi connectivity index (χ1) is 15.8. The fourth-order valence-electron chi connectivity index (χ4n) is 5.70. The van der Waals surface area contributed by atoms with Crippen LogP contribution in [-0.2, 0) is 9.53 Å². The Morgan fingerprint density at radius 2 is 1.71 bits per heavy atom. The van der Waals surface area contributed by atoms with Crippen molar-refractivity contribution >= 4 is 46.8 Å². The second kappa shape index (κ2) is 9.02. The van der Waals surface area contributed by atoms with E-state index in [9.17, 15) is 9.59 Å². The number of rotatable bonds is 2. The fraction of sp³-hybridized carbons (Fsp3) is 0.462. The largest absolute Gasteiger partial charge is 0.443 e. The molecule has 1 aliphatic heterocycles. The molecule has 0 bridgehead atoms. The molecule has 1 saturated carbocycles. The summed E-state index contributed by atoms with van der Waals surface area (Å²) in [6, 6.07) is 12.6. The average molecular weight is 524 g/mol. The number of nitrogens with two attached hydrogens (primary N) is 1. The number of carbonyl (C=O) groups excluding carboxylic acids is 2. The van der Waals surface area contributed by atoms with E-state index in [1.165, 1.54) is 4.90 Å². The summed E-state index contributed by atoms with van der Waals surface area (Å²) in [6.45, 7) is 7.19. The van der Waals surface area contributed by atoms with E-state index in [1.54, 1.807) is 26.8 Å². The van der Waals surface area contributed by atoms with Crippen LogP contribution in [0.4, 0.5) is 4.79 Å². The molecule has 0 aromatic heterocycles. The summed E-state index contributed by atoms with van der Waals surface area (Å²) < 4.78 is 5.57. The number of halogens is 3. The first kappa shape index (κ1) is 25.3. The van der Waals surface area contributed by atoms with Crippen LogP contribution in [0.1, 0.15) is 63.5 Å². The normalized spacial score (nSPS) is 29.2. The Labute approximate surface area is 215 Å². The van der Waals surface area contributed by atoms with E-state index < -0.39 is 23.3 Å². The van der Waals surface area contributed by atoms with E-state index in [1.807, 2.05) is 43.3 Å². The minimum atomic E-state index is -1.20. The number of fused-ring (bicyclic) bond motifs is 1. The molecule has 0 radical (unpaired) electrons. The standard InChI is InChI=1S/C26H29Cl3N2O3/c1-14-22-21(15-5-7-16(27)8-6-15)19(18-10-9-17(28)13-20(18)29)11-12-26(22,30)23(32)31(14)24(33)34-25(2,3)4/h5-10,13-14,19,21-22H,11-12,30H2,1-4H3/t14-,19+,21+,22+,26+/m1/s1. The van der Waals surface area contributed by atoms with Crippen molar-refractivity contribution in [2.24, 2.45) is 11.7 Å². The van der Waals surface area contributed by atoms with Gasteiger partial charge in [-0.1, -0.05) is 53.0 Å². The summed E-state index contributed by atoms with van der Waals surface area (Å²) in [5.74, 6) is -0.944. The average Bonchev–Trinajstić information content (AvgIpc) is 2.93. The molecular weight excluding hydrogens is 495 g/mol. The van der Waals surface area contributed by atoms with Crippen molar-refractivity contribution in [3.05, 3.63) is 68.7 Å². The molecule has 0 unspecified atom stereocenters. The predicted octanol–water partition coefficient (Wildman–Crippen LogP) is 6.79. The van der Waals surface area contributed by atoms with Gasteiger partial charge in [0.05, 0.1) is 0 Å². The number of likely N-dealkylation sites (tertiary alicyclic amines) is 1. The molecule has 182 valence electrons. The van der Waals surface area contributed by atoms with Gasteiger partial charge in [-0.15, -0.1) is 0 Å².